The lowest BCUT2D eigenvalue weighted by Gasteiger charge is -2.27. The number of pyridine rings is 1. The maximum absolute atomic E-state index is 11.2. The van der Waals surface area contributed by atoms with Gasteiger partial charge in [0.05, 0.1) is 5.02 Å². The second kappa shape index (κ2) is 5.01. The van der Waals surface area contributed by atoms with E-state index in [0.717, 1.165) is 0 Å². The summed E-state index contributed by atoms with van der Waals surface area (Å²) in [6.07, 6.45) is 0. The molecule has 0 radical (unpaired) electrons. The Labute approximate surface area is 106 Å². The second-order valence-electron chi connectivity index (χ2n) is 3.64. The fourth-order valence-electron chi connectivity index (χ4n) is 1.62. The van der Waals surface area contributed by atoms with Crippen LogP contribution in [0.4, 0.5) is 5.82 Å². The summed E-state index contributed by atoms with van der Waals surface area (Å²) < 4.78 is 11.2. The minimum Gasteiger partial charge on any atom is -0.476 e. The molecule has 2 heterocycles. The van der Waals surface area contributed by atoms with Gasteiger partial charge in [-0.15, -0.1) is 0 Å². The topological polar surface area (TPSA) is 70.5 Å². The molecular formula is C10H11ClN2O3S. The molecule has 0 amide bonds. The molecule has 7 heteroatoms. The Hall–Kier alpha value is -1.14. The molecule has 2 rings (SSSR count). The lowest BCUT2D eigenvalue weighted by Crippen LogP contribution is -2.38. The molecule has 0 bridgehead atoms. The standard InChI is InChI=1S/C10H11ClN2O3S/c11-7-1-2-8(12-9(7)10(14)15)13-3-5-17(16)6-4-13/h1-2H,3-6H2,(H,14,15). The Kier molecular flexibility index (Phi) is 3.63. The van der Waals surface area contributed by atoms with E-state index < -0.39 is 16.8 Å². The highest BCUT2D eigenvalue weighted by Gasteiger charge is 2.19. The number of aromatic carboxylic acids is 1. The van der Waals surface area contributed by atoms with Gasteiger partial charge < -0.3 is 10.0 Å². The molecule has 5 nitrogen and oxygen atoms in total. The van der Waals surface area contributed by atoms with Crippen LogP contribution < -0.4 is 4.90 Å². The molecule has 1 aliphatic rings. The molecule has 0 unspecified atom stereocenters. The predicted molar refractivity (Wildman–Crippen MR) is 66.3 cm³/mol. The highest BCUT2D eigenvalue weighted by Crippen LogP contribution is 2.20. The molecule has 0 aliphatic carbocycles. The minimum absolute atomic E-state index is 0.127. The molecule has 1 fully saturated rings. The third-order valence-corrected chi connectivity index (χ3v) is 4.12. The van der Waals surface area contributed by atoms with Gasteiger partial charge in [0.2, 0.25) is 0 Å². The zero-order valence-electron chi connectivity index (χ0n) is 8.93. The normalized spacial score (nSPS) is 17.1. The van der Waals surface area contributed by atoms with Crippen LogP contribution in [0.2, 0.25) is 5.02 Å². The van der Waals surface area contributed by atoms with E-state index in [9.17, 15) is 9.00 Å². The highest BCUT2D eigenvalue weighted by molar-refractivity contribution is 7.85. The van der Waals surface area contributed by atoms with Crippen molar-refractivity contribution < 1.29 is 14.1 Å². The summed E-state index contributed by atoms with van der Waals surface area (Å²) in [4.78, 5) is 16.8. The summed E-state index contributed by atoms with van der Waals surface area (Å²) in [5.41, 5.74) is -0.143. The first-order valence-electron chi connectivity index (χ1n) is 5.07. The number of anilines is 1. The SMILES string of the molecule is O=C(O)c1nc(N2CCS(=O)CC2)ccc1Cl. The second-order valence-corrected chi connectivity index (χ2v) is 5.74. The van der Waals surface area contributed by atoms with Gasteiger partial charge in [-0.1, -0.05) is 11.6 Å². The van der Waals surface area contributed by atoms with Crippen LogP contribution in [0.1, 0.15) is 10.5 Å². The largest absolute Gasteiger partial charge is 0.476 e. The number of rotatable bonds is 2. The van der Waals surface area contributed by atoms with E-state index in [1.54, 1.807) is 6.07 Å². The van der Waals surface area contributed by atoms with E-state index in [2.05, 4.69) is 4.98 Å². The Morgan fingerprint density at radius 1 is 1.41 bits per heavy atom. The number of halogens is 1. The van der Waals surface area contributed by atoms with Crippen molar-refractivity contribution in [3.05, 3.63) is 22.8 Å². The van der Waals surface area contributed by atoms with E-state index in [4.69, 9.17) is 16.7 Å². The van der Waals surface area contributed by atoms with Crippen molar-refractivity contribution >= 4 is 34.2 Å². The predicted octanol–water partition coefficient (Wildman–Crippen LogP) is 1.00. The third kappa shape index (κ3) is 2.76. The van der Waals surface area contributed by atoms with E-state index in [0.29, 0.717) is 30.4 Å². The van der Waals surface area contributed by atoms with Crippen molar-refractivity contribution in [3.8, 4) is 0 Å². The zero-order chi connectivity index (χ0) is 12.4. The van der Waals surface area contributed by atoms with Gasteiger partial charge in [0.25, 0.3) is 0 Å². The summed E-state index contributed by atoms with van der Waals surface area (Å²) in [6, 6.07) is 3.21. The number of nitrogens with zero attached hydrogens (tertiary/aromatic N) is 2. The van der Waals surface area contributed by atoms with E-state index in [1.807, 2.05) is 4.90 Å². The number of carboxylic acids is 1. The first-order valence-corrected chi connectivity index (χ1v) is 6.94. The molecule has 92 valence electrons. The average Bonchev–Trinajstić information content (AvgIpc) is 2.30. The maximum Gasteiger partial charge on any atom is 0.356 e. The first-order chi connectivity index (χ1) is 8.08. The Balaban J connectivity index is 2.24. The van der Waals surface area contributed by atoms with Crippen molar-refractivity contribution in [2.75, 3.05) is 29.5 Å². The maximum atomic E-state index is 11.2. The molecule has 1 aliphatic heterocycles. The number of hydrogen-bond acceptors (Lipinski definition) is 4. The van der Waals surface area contributed by atoms with Gasteiger partial charge in [0.1, 0.15) is 5.82 Å². The lowest BCUT2D eigenvalue weighted by atomic mass is 10.3. The van der Waals surface area contributed by atoms with Crippen molar-refractivity contribution in [1.29, 1.82) is 0 Å². The van der Waals surface area contributed by atoms with Gasteiger partial charge in [-0.3, -0.25) is 4.21 Å². The molecule has 1 aromatic heterocycles. The molecule has 1 saturated heterocycles. The van der Waals surface area contributed by atoms with Crippen LogP contribution in [-0.4, -0.2) is 44.9 Å². The van der Waals surface area contributed by atoms with Crippen LogP contribution in [-0.2, 0) is 10.8 Å². The molecule has 0 aromatic carbocycles. The van der Waals surface area contributed by atoms with Crippen LogP contribution >= 0.6 is 11.6 Å². The number of aromatic nitrogens is 1. The van der Waals surface area contributed by atoms with E-state index in [1.165, 1.54) is 6.07 Å². The summed E-state index contributed by atoms with van der Waals surface area (Å²) in [5.74, 6) is 0.611. The number of hydrogen-bond donors (Lipinski definition) is 1. The van der Waals surface area contributed by atoms with Gasteiger partial charge in [0, 0.05) is 35.4 Å². The number of carboxylic acid groups (broad SMARTS) is 1. The van der Waals surface area contributed by atoms with Gasteiger partial charge in [-0.2, -0.15) is 0 Å². The summed E-state index contributed by atoms with van der Waals surface area (Å²) in [5, 5.41) is 9.04. The molecule has 0 atom stereocenters. The van der Waals surface area contributed by atoms with Crippen molar-refractivity contribution in [2.24, 2.45) is 0 Å². The summed E-state index contributed by atoms with van der Waals surface area (Å²) in [6.45, 7) is 1.25. The van der Waals surface area contributed by atoms with E-state index in [-0.39, 0.29) is 10.7 Å². The molecule has 0 saturated carbocycles. The molecule has 17 heavy (non-hydrogen) atoms. The van der Waals surface area contributed by atoms with Crippen LogP contribution in [0, 0.1) is 0 Å². The molecule has 0 spiro atoms. The van der Waals surface area contributed by atoms with Crippen molar-refractivity contribution in [1.82, 2.24) is 4.98 Å². The van der Waals surface area contributed by atoms with Gasteiger partial charge in [0.15, 0.2) is 5.69 Å². The highest BCUT2D eigenvalue weighted by atomic mass is 35.5. The van der Waals surface area contributed by atoms with Gasteiger partial charge in [-0.05, 0) is 12.1 Å². The summed E-state index contributed by atoms with van der Waals surface area (Å²) in [7, 11) is -0.765. The average molecular weight is 275 g/mol. The third-order valence-electron chi connectivity index (χ3n) is 2.54. The molecular weight excluding hydrogens is 264 g/mol. The lowest BCUT2D eigenvalue weighted by molar-refractivity contribution is 0.0691. The summed E-state index contributed by atoms with van der Waals surface area (Å²) >= 11 is 5.74. The Morgan fingerprint density at radius 2 is 2.06 bits per heavy atom. The smallest absolute Gasteiger partial charge is 0.356 e. The Bertz CT molecular complexity index is 471. The van der Waals surface area contributed by atoms with Crippen molar-refractivity contribution in [2.45, 2.75) is 0 Å². The zero-order valence-corrected chi connectivity index (χ0v) is 10.5. The van der Waals surface area contributed by atoms with Gasteiger partial charge >= 0.3 is 5.97 Å². The van der Waals surface area contributed by atoms with E-state index >= 15 is 0 Å². The molecule has 1 N–H and O–H groups in total. The monoisotopic (exact) mass is 274 g/mol. The van der Waals surface area contributed by atoms with Crippen LogP contribution in [0.5, 0.6) is 0 Å². The molecule has 1 aromatic rings. The van der Waals surface area contributed by atoms with Crippen LogP contribution in [0.15, 0.2) is 12.1 Å². The van der Waals surface area contributed by atoms with Crippen LogP contribution in [0.25, 0.3) is 0 Å². The first kappa shape index (κ1) is 12.3. The van der Waals surface area contributed by atoms with Crippen molar-refractivity contribution in [3.63, 3.8) is 0 Å². The quantitative estimate of drug-likeness (QED) is 0.871. The fourth-order valence-corrected chi connectivity index (χ4v) is 2.86. The minimum atomic E-state index is -1.14. The Morgan fingerprint density at radius 3 is 2.65 bits per heavy atom. The van der Waals surface area contributed by atoms with Crippen LogP contribution in [0.3, 0.4) is 0 Å². The fraction of sp³-hybridized carbons (Fsp3) is 0.400. The number of carbonyl (C=O) groups is 1. The van der Waals surface area contributed by atoms with Gasteiger partial charge in [-0.25, -0.2) is 9.78 Å².